The Bertz CT molecular complexity index is 747. The van der Waals surface area contributed by atoms with Gasteiger partial charge >= 0.3 is 0 Å². The van der Waals surface area contributed by atoms with Crippen LogP contribution in [0.25, 0.3) is 0 Å². The average molecular weight is 350 g/mol. The number of hydrogen-bond acceptors (Lipinski definition) is 0. The molecule has 2 unspecified atom stereocenters. The molecule has 4 rings (SSSR count). The highest BCUT2D eigenvalue weighted by Crippen LogP contribution is 2.65. The van der Waals surface area contributed by atoms with Gasteiger partial charge in [-0.15, -0.1) is 0 Å². The molecule has 114 valence electrons. The molecule has 3 aromatic carbocycles. The Morgan fingerprint density at radius 1 is 0.522 bits per heavy atom. The summed E-state index contributed by atoms with van der Waals surface area (Å²) in [5.74, 6) is 0. The molecule has 0 fully saturated rings. The maximum Gasteiger partial charge on any atom is 0.122 e. The SMILES string of the molecule is C[Si]1(C)P(c2ccccc2)c2ccccc2P1c1ccccc1. The number of hydrogen-bond donors (Lipinski definition) is 0. The van der Waals surface area contributed by atoms with Crippen LogP contribution in [-0.4, -0.2) is 7.41 Å². The lowest BCUT2D eigenvalue weighted by Gasteiger charge is -2.32. The standard InChI is InChI=1S/C20H20P2Si/c1-23(2)21(17-11-5-3-6-12-17)19-15-9-10-16-20(19)22(23)18-13-7-4-8-14-18/h3-16H,1-2H3. The zero-order valence-corrected chi connectivity index (χ0v) is 16.3. The predicted molar refractivity (Wildman–Crippen MR) is 109 cm³/mol. The average Bonchev–Trinajstić information content (AvgIpc) is 2.82. The van der Waals surface area contributed by atoms with Gasteiger partial charge in [-0.1, -0.05) is 113 Å². The van der Waals surface area contributed by atoms with Crippen LogP contribution < -0.4 is 21.2 Å². The van der Waals surface area contributed by atoms with Crippen LogP contribution >= 0.6 is 14.9 Å². The van der Waals surface area contributed by atoms with Crippen molar-refractivity contribution in [2.75, 3.05) is 0 Å². The van der Waals surface area contributed by atoms with Crippen LogP contribution in [0.15, 0.2) is 84.9 Å². The Hall–Kier alpha value is -1.26. The van der Waals surface area contributed by atoms with E-state index in [0.717, 1.165) is 0 Å². The molecule has 0 aliphatic carbocycles. The van der Waals surface area contributed by atoms with Gasteiger partial charge in [-0.3, -0.25) is 0 Å². The van der Waals surface area contributed by atoms with Crippen molar-refractivity contribution >= 4 is 43.6 Å². The largest absolute Gasteiger partial charge is 0.122 e. The molecule has 3 aromatic rings. The molecule has 1 aliphatic heterocycles. The van der Waals surface area contributed by atoms with Gasteiger partial charge in [-0.05, 0) is 21.2 Å². The van der Waals surface area contributed by atoms with Gasteiger partial charge < -0.3 is 0 Å². The van der Waals surface area contributed by atoms with E-state index in [4.69, 9.17) is 0 Å². The zero-order valence-electron chi connectivity index (χ0n) is 13.5. The van der Waals surface area contributed by atoms with Gasteiger partial charge in [0.1, 0.15) is 7.41 Å². The van der Waals surface area contributed by atoms with E-state index >= 15 is 0 Å². The second kappa shape index (κ2) is 5.99. The lowest BCUT2D eigenvalue weighted by Crippen LogP contribution is -2.29. The highest BCUT2D eigenvalue weighted by Gasteiger charge is 2.49. The van der Waals surface area contributed by atoms with Crippen LogP contribution in [0.3, 0.4) is 0 Å². The summed E-state index contributed by atoms with van der Waals surface area (Å²) in [5, 5.41) is 6.40. The van der Waals surface area contributed by atoms with E-state index in [1.807, 2.05) is 0 Å². The molecule has 0 bridgehead atoms. The Balaban J connectivity index is 1.93. The molecular weight excluding hydrogens is 330 g/mol. The monoisotopic (exact) mass is 350 g/mol. The van der Waals surface area contributed by atoms with E-state index in [-0.39, 0.29) is 14.9 Å². The maximum absolute atomic E-state index is 2.62. The first-order chi connectivity index (χ1) is 11.2. The molecule has 0 saturated heterocycles. The smallest absolute Gasteiger partial charge is 0.0622 e. The van der Waals surface area contributed by atoms with Crippen molar-refractivity contribution in [2.24, 2.45) is 0 Å². The van der Waals surface area contributed by atoms with Crippen LogP contribution in [0.2, 0.25) is 13.1 Å². The number of fused-ring (bicyclic) bond motifs is 1. The van der Waals surface area contributed by atoms with Crippen molar-refractivity contribution in [3.05, 3.63) is 84.9 Å². The first-order valence-electron chi connectivity index (χ1n) is 7.99. The second-order valence-electron chi connectivity index (χ2n) is 6.33. The minimum Gasteiger partial charge on any atom is -0.0622 e. The first-order valence-corrected chi connectivity index (χ1v) is 15.4. The van der Waals surface area contributed by atoms with Gasteiger partial charge in [0.25, 0.3) is 0 Å². The summed E-state index contributed by atoms with van der Waals surface area (Å²) in [6.45, 7) is 5.23. The van der Waals surface area contributed by atoms with Gasteiger partial charge in [-0.2, -0.15) is 0 Å². The van der Waals surface area contributed by atoms with Crippen molar-refractivity contribution in [1.29, 1.82) is 0 Å². The summed E-state index contributed by atoms with van der Waals surface area (Å²) in [4.78, 5) is 0. The minimum absolute atomic E-state index is 0.195. The third kappa shape index (κ3) is 2.52. The van der Waals surface area contributed by atoms with Crippen molar-refractivity contribution in [1.82, 2.24) is 0 Å². The molecule has 0 nitrogen and oxygen atoms in total. The molecule has 0 N–H and O–H groups in total. The molecule has 0 saturated carbocycles. The van der Waals surface area contributed by atoms with Gasteiger partial charge in [0.15, 0.2) is 0 Å². The number of rotatable bonds is 2. The van der Waals surface area contributed by atoms with Crippen LogP contribution in [0.5, 0.6) is 0 Å². The minimum atomic E-state index is -1.46. The van der Waals surface area contributed by atoms with Crippen molar-refractivity contribution in [3.8, 4) is 0 Å². The van der Waals surface area contributed by atoms with Crippen LogP contribution in [0, 0.1) is 0 Å². The lowest BCUT2D eigenvalue weighted by molar-refractivity contribution is 1.77. The second-order valence-corrected chi connectivity index (χ2v) is 23.1. The predicted octanol–water partition coefficient (Wildman–Crippen LogP) is 4.27. The molecular formula is C20H20P2Si. The third-order valence-corrected chi connectivity index (χ3v) is 23.4. The molecule has 0 amide bonds. The summed E-state index contributed by atoms with van der Waals surface area (Å²) in [6, 6.07) is 31.7. The van der Waals surface area contributed by atoms with E-state index in [2.05, 4.69) is 98.0 Å². The topological polar surface area (TPSA) is 0 Å². The number of benzene rings is 3. The molecule has 3 heteroatoms. The molecule has 0 spiro atoms. The van der Waals surface area contributed by atoms with Gasteiger partial charge in [0, 0.05) is 0 Å². The summed E-state index contributed by atoms with van der Waals surface area (Å²) >= 11 is 0. The summed E-state index contributed by atoms with van der Waals surface area (Å²) in [6.07, 6.45) is 0. The van der Waals surface area contributed by atoms with Crippen molar-refractivity contribution in [2.45, 2.75) is 13.1 Å². The molecule has 1 aliphatic rings. The zero-order chi connectivity index (χ0) is 15.9. The summed E-state index contributed by atoms with van der Waals surface area (Å²) in [7, 11) is -1.84. The fourth-order valence-corrected chi connectivity index (χ4v) is 25.8. The molecule has 23 heavy (non-hydrogen) atoms. The Kier molecular flexibility index (Phi) is 3.98. The molecule has 2 atom stereocenters. The Labute approximate surface area is 141 Å². The van der Waals surface area contributed by atoms with E-state index in [1.54, 1.807) is 21.2 Å². The van der Waals surface area contributed by atoms with E-state index < -0.39 is 7.41 Å². The van der Waals surface area contributed by atoms with Crippen LogP contribution in [0.1, 0.15) is 0 Å². The van der Waals surface area contributed by atoms with Gasteiger partial charge in [0.2, 0.25) is 0 Å². The molecule has 0 radical (unpaired) electrons. The van der Waals surface area contributed by atoms with Crippen LogP contribution in [0.4, 0.5) is 0 Å². The van der Waals surface area contributed by atoms with Crippen molar-refractivity contribution < 1.29 is 0 Å². The molecule has 1 heterocycles. The van der Waals surface area contributed by atoms with Crippen LogP contribution in [-0.2, 0) is 0 Å². The van der Waals surface area contributed by atoms with E-state index in [0.29, 0.717) is 0 Å². The van der Waals surface area contributed by atoms with E-state index in [1.165, 1.54) is 0 Å². The quantitative estimate of drug-likeness (QED) is 0.478. The fraction of sp³-hybridized carbons (Fsp3) is 0.100. The molecule has 0 aromatic heterocycles. The van der Waals surface area contributed by atoms with Gasteiger partial charge in [-0.25, -0.2) is 0 Å². The maximum atomic E-state index is 2.62. The van der Waals surface area contributed by atoms with Gasteiger partial charge in [0.05, 0.1) is 0 Å². The highest BCUT2D eigenvalue weighted by molar-refractivity contribution is 8.36. The van der Waals surface area contributed by atoms with Crippen molar-refractivity contribution in [3.63, 3.8) is 0 Å². The lowest BCUT2D eigenvalue weighted by atomic mass is 10.4. The Morgan fingerprint density at radius 2 is 0.870 bits per heavy atom. The normalized spacial score (nSPS) is 21.8. The highest BCUT2D eigenvalue weighted by atomic mass is 31.7. The first kappa shape index (κ1) is 15.3. The Morgan fingerprint density at radius 3 is 1.26 bits per heavy atom. The third-order valence-electron chi connectivity index (χ3n) is 4.49. The summed E-state index contributed by atoms with van der Waals surface area (Å²) < 4.78 is 0. The summed E-state index contributed by atoms with van der Waals surface area (Å²) in [5.41, 5.74) is 0. The fourth-order valence-electron chi connectivity index (χ4n) is 3.60. The van der Waals surface area contributed by atoms with E-state index in [9.17, 15) is 0 Å².